The zero-order chi connectivity index (χ0) is 14.4. The number of ether oxygens (including phenoxy) is 1. The van der Waals surface area contributed by atoms with Gasteiger partial charge in [0.25, 0.3) is 5.91 Å². The van der Waals surface area contributed by atoms with Crippen LogP contribution in [0.1, 0.15) is 29.6 Å². The highest BCUT2D eigenvalue weighted by molar-refractivity contribution is 5.95. The number of nitrogens with two attached hydrogens (primary N) is 1. The Hall–Kier alpha value is -1.75. The maximum atomic E-state index is 12.0. The summed E-state index contributed by atoms with van der Waals surface area (Å²) in [6.45, 7) is 3.88. The largest absolute Gasteiger partial charge is 0.495 e. The normalized spacial score (nSPS) is 15.8. The molecule has 0 spiro atoms. The van der Waals surface area contributed by atoms with Crippen molar-refractivity contribution in [3.8, 4) is 5.75 Å². The molecule has 0 radical (unpaired) electrons. The molecule has 0 atom stereocenters. The molecule has 1 aromatic carbocycles. The number of amides is 1. The third-order valence-corrected chi connectivity index (χ3v) is 3.66. The van der Waals surface area contributed by atoms with Crippen LogP contribution in [0.4, 0.5) is 5.69 Å². The second-order valence-corrected chi connectivity index (χ2v) is 5.11. The predicted molar refractivity (Wildman–Crippen MR) is 80.0 cm³/mol. The Morgan fingerprint density at radius 3 is 2.80 bits per heavy atom. The molecule has 110 valence electrons. The van der Waals surface area contributed by atoms with Crippen molar-refractivity contribution in [2.24, 2.45) is 0 Å². The average Bonchev–Trinajstić information content (AvgIpc) is 2.48. The summed E-state index contributed by atoms with van der Waals surface area (Å²) in [5.41, 5.74) is 6.85. The second-order valence-electron chi connectivity index (χ2n) is 5.11. The number of carbonyl (C=O) groups is 1. The number of hydrogen-bond acceptors (Lipinski definition) is 4. The number of nitrogen functional groups attached to an aromatic ring is 1. The number of anilines is 1. The van der Waals surface area contributed by atoms with Crippen LogP contribution in [0, 0.1) is 0 Å². The lowest BCUT2D eigenvalue weighted by molar-refractivity contribution is 0.0946. The van der Waals surface area contributed by atoms with Gasteiger partial charge >= 0.3 is 0 Å². The lowest BCUT2D eigenvalue weighted by atomic mass is 10.1. The number of nitrogens with zero attached hydrogens (tertiary/aromatic N) is 1. The van der Waals surface area contributed by atoms with Crippen molar-refractivity contribution < 1.29 is 9.53 Å². The summed E-state index contributed by atoms with van der Waals surface area (Å²) in [4.78, 5) is 14.4. The summed E-state index contributed by atoms with van der Waals surface area (Å²) in [5, 5.41) is 2.94. The molecule has 1 aromatic rings. The van der Waals surface area contributed by atoms with Crippen LogP contribution in [0.15, 0.2) is 18.2 Å². The van der Waals surface area contributed by atoms with Crippen LogP contribution >= 0.6 is 0 Å². The van der Waals surface area contributed by atoms with Crippen molar-refractivity contribution in [2.75, 3.05) is 39.0 Å². The molecule has 1 aliphatic heterocycles. The van der Waals surface area contributed by atoms with E-state index in [2.05, 4.69) is 10.2 Å². The van der Waals surface area contributed by atoms with Crippen molar-refractivity contribution >= 4 is 11.6 Å². The Morgan fingerprint density at radius 2 is 2.10 bits per heavy atom. The number of benzene rings is 1. The van der Waals surface area contributed by atoms with E-state index in [0.717, 1.165) is 19.6 Å². The molecule has 0 aliphatic carbocycles. The van der Waals surface area contributed by atoms with Crippen LogP contribution in [0.25, 0.3) is 0 Å². The summed E-state index contributed by atoms with van der Waals surface area (Å²) in [5.74, 6) is 0.453. The van der Waals surface area contributed by atoms with Gasteiger partial charge in [-0.1, -0.05) is 6.42 Å². The van der Waals surface area contributed by atoms with Crippen molar-refractivity contribution in [3.05, 3.63) is 23.8 Å². The van der Waals surface area contributed by atoms with E-state index < -0.39 is 0 Å². The van der Waals surface area contributed by atoms with Crippen LogP contribution in [0.3, 0.4) is 0 Å². The van der Waals surface area contributed by atoms with Gasteiger partial charge in [-0.25, -0.2) is 0 Å². The molecule has 0 unspecified atom stereocenters. The number of rotatable bonds is 5. The standard InChI is InChI=1S/C15H23N3O2/c1-20-14-11-12(5-6-13(14)16)15(19)17-7-10-18-8-3-2-4-9-18/h5-6,11H,2-4,7-10,16H2,1H3,(H,17,19). The van der Waals surface area contributed by atoms with Crippen LogP contribution in [0.2, 0.25) is 0 Å². The average molecular weight is 277 g/mol. The minimum atomic E-state index is -0.0830. The van der Waals surface area contributed by atoms with Gasteiger partial charge in [0.1, 0.15) is 5.75 Å². The second kappa shape index (κ2) is 7.14. The van der Waals surface area contributed by atoms with Crippen LogP contribution in [-0.2, 0) is 0 Å². The molecule has 1 fully saturated rings. The number of carbonyl (C=O) groups excluding carboxylic acids is 1. The first kappa shape index (κ1) is 14.7. The molecule has 20 heavy (non-hydrogen) atoms. The fourth-order valence-electron chi connectivity index (χ4n) is 2.46. The molecule has 1 saturated heterocycles. The van der Waals surface area contributed by atoms with Crippen LogP contribution < -0.4 is 15.8 Å². The van der Waals surface area contributed by atoms with Gasteiger partial charge in [-0.2, -0.15) is 0 Å². The summed E-state index contributed by atoms with van der Waals surface area (Å²) >= 11 is 0. The monoisotopic (exact) mass is 277 g/mol. The van der Waals surface area contributed by atoms with Gasteiger partial charge in [-0.3, -0.25) is 4.79 Å². The van der Waals surface area contributed by atoms with Crippen molar-refractivity contribution in [2.45, 2.75) is 19.3 Å². The van der Waals surface area contributed by atoms with Gasteiger partial charge in [0.05, 0.1) is 12.8 Å². The van der Waals surface area contributed by atoms with Crippen molar-refractivity contribution in [3.63, 3.8) is 0 Å². The van der Waals surface area contributed by atoms with E-state index >= 15 is 0 Å². The highest BCUT2D eigenvalue weighted by Gasteiger charge is 2.11. The van der Waals surface area contributed by atoms with Crippen molar-refractivity contribution in [1.82, 2.24) is 10.2 Å². The lowest BCUT2D eigenvalue weighted by Crippen LogP contribution is -2.37. The fraction of sp³-hybridized carbons (Fsp3) is 0.533. The molecule has 5 heteroatoms. The molecular formula is C15H23N3O2. The highest BCUT2D eigenvalue weighted by Crippen LogP contribution is 2.21. The quantitative estimate of drug-likeness (QED) is 0.800. The molecule has 0 bridgehead atoms. The zero-order valence-electron chi connectivity index (χ0n) is 12.0. The number of nitrogens with one attached hydrogen (secondary N) is 1. The third kappa shape index (κ3) is 3.87. The molecule has 2 rings (SSSR count). The SMILES string of the molecule is COc1cc(C(=O)NCCN2CCCCC2)ccc1N. The zero-order valence-corrected chi connectivity index (χ0v) is 12.0. The van der Waals surface area contributed by atoms with E-state index in [4.69, 9.17) is 10.5 Å². The molecular weight excluding hydrogens is 254 g/mol. The third-order valence-electron chi connectivity index (χ3n) is 3.66. The number of hydrogen-bond donors (Lipinski definition) is 2. The molecule has 1 heterocycles. The molecule has 1 amide bonds. The Labute approximate surface area is 120 Å². The fourth-order valence-corrected chi connectivity index (χ4v) is 2.46. The lowest BCUT2D eigenvalue weighted by Gasteiger charge is -2.26. The maximum Gasteiger partial charge on any atom is 0.251 e. The summed E-state index contributed by atoms with van der Waals surface area (Å²) in [6, 6.07) is 5.08. The topological polar surface area (TPSA) is 67.6 Å². The van der Waals surface area contributed by atoms with E-state index in [1.165, 1.54) is 19.3 Å². The van der Waals surface area contributed by atoms with Gasteiger partial charge in [-0.05, 0) is 44.1 Å². The minimum absolute atomic E-state index is 0.0830. The van der Waals surface area contributed by atoms with Gasteiger partial charge in [0, 0.05) is 18.7 Å². The minimum Gasteiger partial charge on any atom is -0.495 e. The first-order chi connectivity index (χ1) is 9.70. The Balaban J connectivity index is 1.82. The van der Waals surface area contributed by atoms with Crippen molar-refractivity contribution in [1.29, 1.82) is 0 Å². The van der Waals surface area contributed by atoms with Gasteiger partial charge in [0.15, 0.2) is 0 Å². The Bertz CT molecular complexity index is 456. The Kier molecular flexibility index (Phi) is 5.24. The molecule has 3 N–H and O–H groups in total. The van der Waals surface area contributed by atoms with Crippen LogP contribution in [-0.4, -0.2) is 44.1 Å². The first-order valence-electron chi connectivity index (χ1n) is 7.15. The van der Waals surface area contributed by atoms with E-state index in [-0.39, 0.29) is 5.91 Å². The molecule has 5 nitrogen and oxygen atoms in total. The van der Waals surface area contributed by atoms with E-state index in [0.29, 0.717) is 23.5 Å². The highest BCUT2D eigenvalue weighted by atomic mass is 16.5. The van der Waals surface area contributed by atoms with Gasteiger partial charge in [-0.15, -0.1) is 0 Å². The predicted octanol–water partition coefficient (Wildman–Crippen LogP) is 1.49. The molecule has 0 aromatic heterocycles. The van der Waals surface area contributed by atoms with E-state index in [1.807, 2.05) is 0 Å². The van der Waals surface area contributed by atoms with Crippen LogP contribution in [0.5, 0.6) is 5.75 Å². The Morgan fingerprint density at radius 1 is 1.35 bits per heavy atom. The molecule has 0 saturated carbocycles. The summed E-state index contributed by atoms with van der Waals surface area (Å²) < 4.78 is 5.12. The van der Waals surface area contributed by atoms with Gasteiger partial charge < -0.3 is 20.7 Å². The maximum absolute atomic E-state index is 12.0. The summed E-state index contributed by atoms with van der Waals surface area (Å²) in [7, 11) is 1.55. The number of likely N-dealkylation sites (tertiary alicyclic amines) is 1. The van der Waals surface area contributed by atoms with E-state index in [1.54, 1.807) is 25.3 Å². The number of methoxy groups -OCH3 is 1. The smallest absolute Gasteiger partial charge is 0.251 e. The molecule has 1 aliphatic rings. The number of piperidine rings is 1. The van der Waals surface area contributed by atoms with Gasteiger partial charge in [0.2, 0.25) is 0 Å². The summed E-state index contributed by atoms with van der Waals surface area (Å²) in [6.07, 6.45) is 3.86. The van der Waals surface area contributed by atoms with E-state index in [9.17, 15) is 4.79 Å². The first-order valence-corrected chi connectivity index (χ1v) is 7.15.